The lowest BCUT2D eigenvalue weighted by Gasteiger charge is -2.28. The van der Waals surface area contributed by atoms with Crippen molar-refractivity contribution < 1.29 is 33.3 Å². The van der Waals surface area contributed by atoms with E-state index < -0.39 is 41.9 Å². The van der Waals surface area contributed by atoms with Gasteiger partial charge in [0.25, 0.3) is 0 Å². The molecule has 2 N–H and O–H groups in total. The zero-order valence-electron chi connectivity index (χ0n) is 19.4. The van der Waals surface area contributed by atoms with E-state index in [0.29, 0.717) is 18.6 Å². The van der Waals surface area contributed by atoms with Gasteiger partial charge in [-0.25, -0.2) is 14.3 Å². The lowest BCUT2D eigenvalue weighted by molar-refractivity contribution is -0.166. The van der Waals surface area contributed by atoms with Gasteiger partial charge in [0.15, 0.2) is 18.0 Å². The van der Waals surface area contributed by atoms with Crippen molar-refractivity contribution in [2.75, 3.05) is 25.4 Å². The molecule has 4 atom stereocenters. The van der Waals surface area contributed by atoms with E-state index in [1.165, 1.54) is 23.8 Å². The fraction of sp³-hybridized carbons (Fsp3) is 0.545. The van der Waals surface area contributed by atoms with Gasteiger partial charge in [0.2, 0.25) is 5.60 Å². The lowest BCUT2D eigenvalue weighted by Crippen LogP contribution is -2.46. The second kappa shape index (κ2) is 9.75. The van der Waals surface area contributed by atoms with Crippen LogP contribution in [0.25, 0.3) is 5.52 Å². The van der Waals surface area contributed by atoms with Gasteiger partial charge in [-0.3, -0.25) is 9.59 Å². The highest BCUT2D eigenvalue weighted by molar-refractivity contribution is 5.69. The number of fused-ring (bicyclic) bond motifs is 1. The van der Waals surface area contributed by atoms with Gasteiger partial charge in [-0.05, 0) is 31.4 Å². The van der Waals surface area contributed by atoms with Gasteiger partial charge in [0, 0.05) is 26.9 Å². The summed E-state index contributed by atoms with van der Waals surface area (Å²) in [4.78, 5) is 42.1. The number of piperidine rings is 1. The number of nitrogens with zero attached hydrogens (tertiary/aromatic N) is 5. The molecule has 0 aromatic carbocycles. The number of hydrogen-bond donors (Lipinski definition) is 1. The van der Waals surface area contributed by atoms with Gasteiger partial charge in [0.1, 0.15) is 30.6 Å². The molecule has 0 aliphatic carbocycles. The molecule has 186 valence electrons. The maximum absolute atomic E-state index is 12.6. The monoisotopic (exact) mass is 486 g/mol. The summed E-state index contributed by atoms with van der Waals surface area (Å²) in [6.45, 7) is 3.15. The number of rotatable bonds is 5. The Labute approximate surface area is 200 Å². The number of ether oxygens (including phenoxy) is 4. The largest absolute Gasteiger partial charge is 0.455 e. The van der Waals surface area contributed by atoms with Crippen LogP contribution in [0.15, 0.2) is 18.5 Å². The highest BCUT2D eigenvalue weighted by Gasteiger charge is 2.62. The fourth-order valence-electron chi connectivity index (χ4n) is 4.49. The zero-order chi connectivity index (χ0) is 25.2. The predicted molar refractivity (Wildman–Crippen MR) is 117 cm³/mol. The van der Waals surface area contributed by atoms with Crippen molar-refractivity contribution in [1.82, 2.24) is 19.5 Å². The third-order valence-electron chi connectivity index (χ3n) is 6.01. The van der Waals surface area contributed by atoms with Crippen LogP contribution in [0.4, 0.5) is 10.6 Å². The SMILES string of the molecule is CC(=O)O[C@H]1[C@@H](OC(C)=O)[C@](C#N)(c2ccc3c(N)ncnn23)O[C@@H]1COC(=O)N1CCCCC1. The molecule has 0 unspecified atom stereocenters. The van der Waals surface area contributed by atoms with Gasteiger partial charge < -0.3 is 29.6 Å². The second-order valence-electron chi connectivity index (χ2n) is 8.39. The standard InChI is InChI=1S/C22H26N6O7/c1-13(29)33-18-16(10-32-21(31)27-8-4-3-5-9-27)35-22(11-23,19(18)34-14(2)30)17-7-6-15-20(24)25-12-26-28(15)17/h6-7,12,16,18-19H,3-5,8-10H2,1-2H3,(H2,24,25,26)/t16-,18-,19-,22+/m1/s1. The number of aromatic nitrogens is 3. The maximum atomic E-state index is 12.6. The number of hydrogen-bond acceptors (Lipinski definition) is 11. The number of nitriles is 1. The van der Waals surface area contributed by atoms with E-state index in [2.05, 4.69) is 16.2 Å². The molecule has 2 fully saturated rings. The third-order valence-corrected chi connectivity index (χ3v) is 6.01. The predicted octanol–water partition coefficient (Wildman–Crippen LogP) is 0.915. The molecule has 2 saturated heterocycles. The molecule has 2 aromatic heterocycles. The quantitative estimate of drug-likeness (QED) is 0.470. The summed E-state index contributed by atoms with van der Waals surface area (Å²) in [7, 11) is 0. The van der Waals surface area contributed by atoms with Crippen molar-refractivity contribution >= 4 is 29.4 Å². The average Bonchev–Trinajstić information content (AvgIpc) is 3.39. The number of carbonyl (C=O) groups excluding carboxylic acids is 3. The van der Waals surface area contributed by atoms with Crippen LogP contribution >= 0.6 is 0 Å². The molecule has 4 rings (SSSR count). The Morgan fingerprint density at radius 3 is 2.57 bits per heavy atom. The van der Waals surface area contributed by atoms with E-state index >= 15 is 0 Å². The molecule has 2 aliphatic rings. The molecule has 4 heterocycles. The smallest absolute Gasteiger partial charge is 0.409 e. The van der Waals surface area contributed by atoms with Crippen molar-refractivity contribution in [1.29, 1.82) is 5.26 Å². The van der Waals surface area contributed by atoms with Crippen LogP contribution in [-0.4, -0.2) is 75.5 Å². The average molecular weight is 486 g/mol. The Morgan fingerprint density at radius 2 is 1.91 bits per heavy atom. The Hall–Kier alpha value is -3.92. The van der Waals surface area contributed by atoms with Crippen LogP contribution in [0.2, 0.25) is 0 Å². The number of likely N-dealkylation sites (tertiary alicyclic amines) is 1. The third kappa shape index (κ3) is 4.57. The second-order valence-corrected chi connectivity index (χ2v) is 8.39. The van der Waals surface area contributed by atoms with Crippen molar-refractivity contribution in [2.24, 2.45) is 0 Å². The van der Waals surface area contributed by atoms with E-state index in [9.17, 15) is 19.6 Å². The van der Waals surface area contributed by atoms with Crippen LogP contribution in [-0.2, 0) is 34.1 Å². The number of esters is 2. The first-order chi connectivity index (χ1) is 16.8. The van der Waals surface area contributed by atoms with Crippen molar-refractivity contribution in [3.05, 3.63) is 24.2 Å². The first-order valence-corrected chi connectivity index (χ1v) is 11.2. The van der Waals surface area contributed by atoms with Gasteiger partial charge in [0.05, 0.1) is 5.69 Å². The number of nitrogen functional groups attached to an aromatic ring is 1. The minimum Gasteiger partial charge on any atom is -0.455 e. The van der Waals surface area contributed by atoms with Crippen LogP contribution in [0.1, 0.15) is 38.8 Å². The molecule has 35 heavy (non-hydrogen) atoms. The van der Waals surface area contributed by atoms with E-state index in [1.54, 1.807) is 11.0 Å². The van der Waals surface area contributed by atoms with Crippen LogP contribution in [0.5, 0.6) is 0 Å². The van der Waals surface area contributed by atoms with Crippen molar-refractivity contribution in [3.63, 3.8) is 0 Å². The maximum Gasteiger partial charge on any atom is 0.409 e. The van der Waals surface area contributed by atoms with Gasteiger partial charge in [-0.1, -0.05) is 0 Å². The van der Waals surface area contributed by atoms with Crippen LogP contribution in [0, 0.1) is 11.3 Å². The Morgan fingerprint density at radius 1 is 1.20 bits per heavy atom. The van der Waals surface area contributed by atoms with E-state index in [-0.39, 0.29) is 18.1 Å². The minimum absolute atomic E-state index is 0.157. The highest BCUT2D eigenvalue weighted by Crippen LogP contribution is 2.43. The van der Waals surface area contributed by atoms with Crippen molar-refractivity contribution in [3.8, 4) is 6.07 Å². The molecule has 13 nitrogen and oxygen atoms in total. The summed E-state index contributed by atoms with van der Waals surface area (Å²) < 4.78 is 23.9. The van der Waals surface area contributed by atoms with Gasteiger partial charge in [-0.2, -0.15) is 10.4 Å². The summed E-state index contributed by atoms with van der Waals surface area (Å²) in [6, 6.07) is 5.19. The summed E-state index contributed by atoms with van der Waals surface area (Å²) in [6.07, 6.45) is -0.278. The molecular weight excluding hydrogens is 460 g/mol. The normalized spacial score (nSPS) is 26.2. The number of carbonyl (C=O) groups is 3. The Bertz CT molecular complexity index is 1170. The number of nitrogens with two attached hydrogens (primary N) is 1. The van der Waals surface area contributed by atoms with E-state index in [0.717, 1.165) is 26.2 Å². The first-order valence-electron chi connectivity index (χ1n) is 11.2. The van der Waals surface area contributed by atoms with E-state index in [4.69, 9.17) is 24.7 Å². The summed E-state index contributed by atoms with van der Waals surface area (Å²) in [5.74, 6) is -1.26. The molecule has 2 aliphatic heterocycles. The Balaban J connectivity index is 1.71. The van der Waals surface area contributed by atoms with Crippen LogP contribution < -0.4 is 5.73 Å². The Kier molecular flexibility index (Phi) is 6.74. The fourth-order valence-corrected chi connectivity index (χ4v) is 4.49. The van der Waals surface area contributed by atoms with Gasteiger partial charge >= 0.3 is 18.0 Å². The first kappa shape index (κ1) is 24.2. The van der Waals surface area contributed by atoms with Crippen LogP contribution in [0.3, 0.4) is 0 Å². The molecular formula is C22H26N6O7. The molecule has 1 amide bonds. The molecule has 0 spiro atoms. The molecule has 13 heteroatoms. The molecule has 0 radical (unpaired) electrons. The topological polar surface area (TPSA) is 171 Å². The van der Waals surface area contributed by atoms with Crippen molar-refractivity contribution in [2.45, 2.75) is 57.0 Å². The van der Waals surface area contributed by atoms with Gasteiger partial charge in [-0.15, -0.1) is 0 Å². The minimum atomic E-state index is -1.96. The molecule has 0 bridgehead atoms. The summed E-state index contributed by atoms with van der Waals surface area (Å²) >= 11 is 0. The lowest BCUT2D eigenvalue weighted by atomic mass is 9.92. The zero-order valence-corrected chi connectivity index (χ0v) is 19.4. The summed E-state index contributed by atoms with van der Waals surface area (Å²) in [5.41, 5.74) is 4.54. The van der Waals surface area contributed by atoms with E-state index in [1.807, 2.05) is 0 Å². The number of amides is 1. The molecule has 0 saturated carbocycles. The highest BCUT2D eigenvalue weighted by atomic mass is 16.7. The number of anilines is 1. The molecule has 2 aromatic rings. The summed E-state index contributed by atoms with van der Waals surface area (Å²) in [5, 5.41) is 14.5.